The van der Waals surface area contributed by atoms with Crippen LogP contribution in [0.15, 0.2) is 24.3 Å². The Hall–Kier alpha value is -1.88. The van der Waals surface area contributed by atoms with E-state index in [1.54, 1.807) is 11.9 Å². The lowest BCUT2D eigenvalue weighted by molar-refractivity contribution is -0.125. The highest BCUT2D eigenvalue weighted by Gasteiger charge is 2.28. The van der Waals surface area contributed by atoms with Crippen molar-refractivity contribution in [1.82, 2.24) is 15.1 Å². The zero-order valence-corrected chi connectivity index (χ0v) is 12.9. The molecule has 1 aromatic rings. The Balaban J connectivity index is 2.15. The largest absolute Gasteiger partial charge is 0.359 e. The van der Waals surface area contributed by atoms with Crippen molar-refractivity contribution >= 4 is 11.8 Å². The van der Waals surface area contributed by atoms with Crippen LogP contribution in [0.4, 0.5) is 0 Å². The molecule has 0 unspecified atom stereocenters. The number of hydrogen-bond donors (Lipinski definition) is 1. The second kappa shape index (κ2) is 6.72. The van der Waals surface area contributed by atoms with Gasteiger partial charge >= 0.3 is 0 Å². The summed E-state index contributed by atoms with van der Waals surface area (Å²) in [6.07, 6.45) is 0. The van der Waals surface area contributed by atoms with E-state index >= 15 is 0 Å². The number of carbonyl (C=O) groups is 2. The van der Waals surface area contributed by atoms with Gasteiger partial charge in [-0.1, -0.05) is 17.7 Å². The molecular formula is C16H23N3O2. The van der Waals surface area contributed by atoms with Crippen molar-refractivity contribution in [2.24, 2.45) is 5.92 Å². The van der Waals surface area contributed by atoms with E-state index in [1.165, 1.54) is 0 Å². The predicted octanol–water partition coefficient (Wildman–Crippen LogP) is 0.745. The maximum absolute atomic E-state index is 12.6. The molecule has 1 heterocycles. The number of rotatable bonds is 2. The zero-order valence-electron chi connectivity index (χ0n) is 12.9. The Kier molecular flexibility index (Phi) is 4.96. The Morgan fingerprint density at radius 2 is 1.81 bits per heavy atom. The number of benzene rings is 1. The summed E-state index contributed by atoms with van der Waals surface area (Å²) in [5.41, 5.74) is 1.81. The lowest BCUT2D eigenvalue weighted by Gasteiger charge is -2.23. The van der Waals surface area contributed by atoms with Gasteiger partial charge in [-0.05, 0) is 26.1 Å². The average Bonchev–Trinajstić information content (AvgIpc) is 2.68. The maximum Gasteiger partial charge on any atom is 0.253 e. The van der Waals surface area contributed by atoms with E-state index in [2.05, 4.69) is 10.2 Å². The fraction of sp³-hybridized carbons (Fsp3) is 0.500. The van der Waals surface area contributed by atoms with Gasteiger partial charge in [-0.25, -0.2) is 0 Å². The molecule has 114 valence electrons. The molecule has 1 fully saturated rings. The van der Waals surface area contributed by atoms with Crippen molar-refractivity contribution in [1.29, 1.82) is 0 Å². The maximum atomic E-state index is 12.6. The first-order valence-electron chi connectivity index (χ1n) is 7.27. The summed E-state index contributed by atoms with van der Waals surface area (Å²) in [5.74, 6) is -0.193. The molecule has 1 saturated heterocycles. The highest BCUT2D eigenvalue weighted by molar-refractivity contribution is 5.94. The minimum absolute atomic E-state index is 0.000738. The topological polar surface area (TPSA) is 52.7 Å². The van der Waals surface area contributed by atoms with E-state index in [1.807, 2.05) is 38.2 Å². The number of nitrogens with one attached hydrogen (secondary N) is 1. The molecule has 0 spiro atoms. The summed E-state index contributed by atoms with van der Waals surface area (Å²) in [6, 6.07) is 7.57. The van der Waals surface area contributed by atoms with E-state index in [-0.39, 0.29) is 17.7 Å². The van der Waals surface area contributed by atoms with Gasteiger partial charge in [0.15, 0.2) is 0 Å². The van der Waals surface area contributed by atoms with Crippen LogP contribution in [0.1, 0.15) is 15.9 Å². The van der Waals surface area contributed by atoms with E-state index < -0.39 is 0 Å². The molecule has 21 heavy (non-hydrogen) atoms. The quantitative estimate of drug-likeness (QED) is 0.874. The minimum Gasteiger partial charge on any atom is -0.359 e. The summed E-state index contributed by atoms with van der Waals surface area (Å²) < 4.78 is 0. The highest BCUT2D eigenvalue weighted by atomic mass is 16.2. The Morgan fingerprint density at radius 1 is 1.14 bits per heavy atom. The molecular weight excluding hydrogens is 266 g/mol. The average molecular weight is 289 g/mol. The molecule has 2 rings (SSSR count). The third-order valence-electron chi connectivity index (χ3n) is 3.93. The molecule has 1 aliphatic heterocycles. The van der Waals surface area contributed by atoms with Crippen LogP contribution < -0.4 is 5.32 Å². The number of nitrogens with zero attached hydrogens (tertiary/aromatic N) is 2. The van der Waals surface area contributed by atoms with Gasteiger partial charge in [-0.15, -0.1) is 0 Å². The summed E-state index contributed by atoms with van der Waals surface area (Å²) in [7, 11) is 3.62. The van der Waals surface area contributed by atoms with Crippen LogP contribution in [0.3, 0.4) is 0 Å². The molecule has 5 nitrogen and oxygen atoms in total. The first-order chi connectivity index (χ1) is 10.0. The van der Waals surface area contributed by atoms with Gasteiger partial charge in [0.1, 0.15) is 0 Å². The Morgan fingerprint density at radius 3 is 2.43 bits per heavy atom. The normalized spacial score (nSPS) is 20.0. The van der Waals surface area contributed by atoms with Crippen LogP contribution in [0.2, 0.25) is 0 Å². The van der Waals surface area contributed by atoms with Crippen molar-refractivity contribution in [3.63, 3.8) is 0 Å². The Bertz CT molecular complexity index is 513. The number of carbonyl (C=O) groups excluding carboxylic acids is 2. The standard InChI is InChI=1S/C16H23N3O2/c1-12-4-6-13(7-5-12)16(21)19-9-8-18(3)10-14(11-19)15(20)17-2/h4-7,14H,8-11H2,1-3H3,(H,17,20)/t14-/m0/s1. The molecule has 0 bridgehead atoms. The van der Waals surface area contributed by atoms with Crippen LogP contribution in [0.25, 0.3) is 0 Å². The van der Waals surface area contributed by atoms with E-state index in [4.69, 9.17) is 0 Å². The van der Waals surface area contributed by atoms with Crippen LogP contribution in [0, 0.1) is 12.8 Å². The lowest BCUT2D eigenvalue weighted by atomic mass is 10.1. The summed E-state index contributed by atoms with van der Waals surface area (Å²) >= 11 is 0. The first-order valence-corrected chi connectivity index (χ1v) is 7.27. The smallest absolute Gasteiger partial charge is 0.253 e. The number of hydrogen-bond acceptors (Lipinski definition) is 3. The van der Waals surface area contributed by atoms with E-state index in [9.17, 15) is 9.59 Å². The van der Waals surface area contributed by atoms with Crippen molar-refractivity contribution < 1.29 is 9.59 Å². The second-order valence-corrected chi connectivity index (χ2v) is 5.69. The van der Waals surface area contributed by atoms with E-state index in [0.29, 0.717) is 25.2 Å². The van der Waals surface area contributed by atoms with Gasteiger partial charge in [0.25, 0.3) is 5.91 Å². The van der Waals surface area contributed by atoms with Crippen molar-refractivity contribution in [3.05, 3.63) is 35.4 Å². The molecule has 1 aromatic carbocycles. The van der Waals surface area contributed by atoms with Crippen molar-refractivity contribution in [3.8, 4) is 0 Å². The molecule has 0 radical (unpaired) electrons. The molecule has 1 N–H and O–H groups in total. The van der Waals surface area contributed by atoms with Crippen LogP contribution in [-0.4, -0.2) is 61.9 Å². The molecule has 0 aromatic heterocycles. The van der Waals surface area contributed by atoms with Gasteiger partial charge in [0, 0.05) is 38.8 Å². The second-order valence-electron chi connectivity index (χ2n) is 5.69. The zero-order chi connectivity index (χ0) is 15.4. The van der Waals surface area contributed by atoms with Gasteiger partial charge in [-0.3, -0.25) is 9.59 Å². The molecule has 5 heteroatoms. The van der Waals surface area contributed by atoms with Gasteiger partial charge in [0.2, 0.25) is 5.91 Å². The lowest BCUT2D eigenvalue weighted by Crippen LogP contribution is -2.41. The molecule has 0 saturated carbocycles. The summed E-state index contributed by atoms with van der Waals surface area (Å²) in [4.78, 5) is 28.4. The van der Waals surface area contributed by atoms with Crippen LogP contribution >= 0.6 is 0 Å². The van der Waals surface area contributed by atoms with Crippen molar-refractivity contribution in [2.45, 2.75) is 6.92 Å². The van der Waals surface area contributed by atoms with Crippen LogP contribution in [0.5, 0.6) is 0 Å². The minimum atomic E-state index is -0.183. The van der Waals surface area contributed by atoms with Gasteiger partial charge in [0.05, 0.1) is 5.92 Å². The molecule has 1 atom stereocenters. The number of aryl methyl sites for hydroxylation is 1. The molecule has 0 aliphatic carbocycles. The third kappa shape index (κ3) is 3.82. The SMILES string of the molecule is CNC(=O)[C@H]1CN(C)CCN(C(=O)c2ccc(C)cc2)C1. The van der Waals surface area contributed by atoms with Crippen LogP contribution in [-0.2, 0) is 4.79 Å². The van der Waals surface area contributed by atoms with E-state index in [0.717, 1.165) is 12.1 Å². The fourth-order valence-electron chi connectivity index (χ4n) is 2.61. The number of likely N-dealkylation sites (N-methyl/N-ethyl adjacent to an activating group) is 1. The van der Waals surface area contributed by atoms with Gasteiger partial charge in [-0.2, -0.15) is 0 Å². The highest BCUT2D eigenvalue weighted by Crippen LogP contribution is 2.13. The fourth-order valence-corrected chi connectivity index (χ4v) is 2.61. The predicted molar refractivity (Wildman–Crippen MR) is 82.1 cm³/mol. The first kappa shape index (κ1) is 15.5. The molecule has 2 amide bonds. The summed E-state index contributed by atoms with van der Waals surface area (Å²) in [6.45, 7) is 4.58. The monoisotopic (exact) mass is 289 g/mol. The van der Waals surface area contributed by atoms with Crippen molar-refractivity contribution in [2.75, 3.05) is 40.3 Å². The Labute approximate surface area is 125 Å². The summed E-state index contributed by atoms with van der Waals surface area (Å²) in [5, 5.41) is 2.69. The molecule has 1 aliphatic rings. The third-order valence-corrected chi connectivity index (χ3v) is 3.93. The number of amides is 2. The van der Waals surface area contributed by atoms with Gasteiger partial charge < -0.3 is 15.1 Å².